The monoisotopic (exact) mass is 431 g/mol. The highest BCUT2D eigenvalue weighted by Crippen LogP contribution is 2.29. The van der Waals surface area contributed by atoms with Crippen molar-refractivity contribution < 1.29 is 22.7 Å². The Kier molecular flexibility index (Phi) is 6.74. The van der Waals surface area contributed by atoms with E-state index in [0.29, 0.717) is 12.3 Å². The fourth-order valence-corrected chi connectivity index (χ4v) is 2.84. The van der Waals surface area contributed by atoms with Crippen molar-refractivity contribution in [3.8, 4) is 17.0 Å². The van der Waals surface area contributed by atoms with Crippen LogP contribution in [0.4, 0.5) is 13.2 Å². The number of ether oxygens (including phenoxy) is 1. The lowest BCUT2D eigenvalue weighted by molar-refractivity contribution is -0.137. The fourth-order valence-electron chi connectivity index (χ4n) is 2.84. The molecule has 1 N–H and O–H groups in total. The highest BCUT2D eigenvalue weighted by Gasteiger charge is 2.30. The first-order valence-corrected chi connectivity index (χ1v) is 9.55. The summed E-state index contributed by atoms with van der Waals surface area (Å²) in [5.74, 6) is 0.190. The zero-order valence-corrected chi connectivity index (χ0v) is 16.6. The lowest BCUT2D eigenvalue weighted by atomic mass is 10.1. The molecule has 0 saturated heterocycles. The molecule has 0 saturated carbocycles. The Morgan fingerprint density at radius 3 is 2.32 bits per heavy atom. The Labute approximate surface area is 176 Å². The van der Waals surface area contributed by atoms with Crippen LogP contribution in [0, 0.1) is 0 Å². The van der Waals surface area contributed by atoms with Crippen LogP contribution < -0.4 is 15.6 Å². The minimum absolute atomic E-state index is 0.0828. The molecule has 3 rings (SSSR count). The van der Waals surface area contributed by atoms with E-state index >= 15 is 0 Å². The smallest absolute Gasteiger partial charge is 0.416 e. The number of carbonyl (C=O) groups is 1. The number of nitrogens with zero attached hydrogens (tertiary/aromatic N) is 2. The molecule has 162 valence electrons. The molecule has 9 heteroatoms. The van der Waals surface area contributed by atoms with E-state index in [2.05, 4.69) is 10.4 Å². The van der Waals surface area contributed by atoms with Crippen molar-refractivity contribution in [2.75, 3.05) is 13.2 Å². The van der Waals surface area contributed by atoms with Crippen molar-refractivity contribution in [3.63, 3.8) is 0 Å². The van der Waals surface area contributed by atoms with E-state index in [1.807, 2.05) is 19.1 Å². The molecule has 0 radical (unpaired) electrons. The van der Waals surface area contributed by atoms with E-state index in [-0.39, 0.29) is 24.2 Å². The maximum absolute atomic E-state index is 12.6. The maximum Gasteiger partial charge on any atom is 0.416 e. The molecule has 1 amide bonds. The molecule has 0 unspecified atom stereocenters. The molecule has 3 aromatic rings. The number of carbonyl (C=O) groups excluding carboxylic acids is 1. The van der Waals surface area contributed by atoms with Crippen LogP contribution in [-0.4, -0.2) is 28.8 Å². The summed E-state index contributed by atoms with van der Waals surface area (Å²) in [7, 11) is 0. The van der Waals surface area contributed by atoms with Crippen LogP contribution in [0.1, 0.15) is 22.8 Å². The summed E-state index contributed by atoms with van der Waals surface area (Å²) in [5.41, 5.74) is 0.309. The van der Waals surface area contributed by atoms with Gasteiger partial charge >= 0.3 is 6.18 Å². The average Bonchev–Trinajstić information content (AvgIpc) is 2.75. The summed E-state index contributed by atoms with van der Waals surface area (Å²) in [5, 5.41) is 6.89. The molecule has 1 aromatic heterocycles. The van der Waals surface area contributed by atoms with Gasteiger partial charge < -0.3 is 10.1 Å². The number of aromatic nitrogens is 2. The number of hydrogen-bond donors (Lipinski definition) is 1. The first kappa shape index (κ1) is 22.1. The standard InChI is InChI=1S/C22H20F3N3O3/c1-2-31-18-9-5-15(6-10-18)19-11-12-20(29)28(27-19)14-13-26-21(30)16-3-7-17(8-4-16)22(23,24)25/h3-12H,2,13-14H2,1H3,(H,26,30). The molecule has 0 spiro atoms. The van der Waals surface area contributed by atoms with Gasteiger partial charge in [-0.25, -0.2) is 4.68 Å². The molecule has 0 fully saturated rings. The normalized spacial score (nSPS) is 11.2. The average molecular weight is 431 g/mol. The van der Waals surface area contributed by atoms with Crippen LogP contribution in [-0.2, 0) is 12.7 Å². The number of nitrogens with one attached hydrogen (secondary N) is 1. The van der Waals surface area contributed by atoms with Crippen LogP contribution in [0.2, 0.25) is 0 Å². The third-order valence-corrected chi connectivity index (χ3v) is 4.41. The van der Waals surface area contributed by atoms with Gasteiger partial charge in [-0.15, -0.1) is 0 Å². The van der Waals surface area contributed by atoms with E-state index in [9.17, 15) is 22.8 Å². The number of alkyl halides is 3. The summed E-state index contributed by atoms with van der Waals surface area (Å²) in [6, 6.07) is 14.2. The number of halogens is 3. The number of amides is 1. The molecule has 0 bridgehead atoms. The highest BCUT2D eigenvalue weighted by atomic mass is 19.4. The summed E-state index contributed by atoms with van der Waals surface area (Å²) in [4.78, 5) is 24.2. The van der Waals surface area contributed by atoms with Gasteiger partial charge in [-0.05, 0) is 61.5 Å². The zero-order chi connectivity index (χ0) is 22.4. The van der Waals surface area contributed by atoms with Crippen molar-refractivity contribution >= 4 is 5.91 Å². The molecule has 2 aromatic carbocycles. The summed E-state index contributed by atoms with van der Waals surface area (Å²) in [6.07, 6.45) is -4.46. The number of hydrogen-bond acceptors (Lipinski definition) is 4. The van der Waals surface area contributed by atoms with Gasteiger partial charge in [-0.2, -0.15) is 18.3 Å². The molecule has 0 aliphatic heterocycles. The van der Waals surface area contributed by atoms with E-state index in [1.54, 1.807) is 18.2 Å². The molecule has 0 aliphatic rings. The van der Waals surface area contributed by atoms with E-state index in [4.69, 9.17) is 4.74 Å². The molecular formula is C22H20F3N3O3. The molecule has 1 heterocycles. The lowest BCUT2D eigenvalue weighted by Gasteiger charge is -2.10. The summed E-state index contributed by atoms with van der Waals surface area (Å²) in [6.45, 7) is 2.64. The zero-order valence-electron chi connectivity index (χ0n) is 16.6. The Morgan fingerprint density at radius 1 is 1.03 bits per heavy atom. The fraction of sp³-hybridized carbons (Fsp3) is 0.227. The van der Waals surface area contributed by atoms with Crippen molar-refractivity contribution in [1.82, 2.24) is 15.1 Å². The second kappa shape index (κ2) is 9.46. The van der Waals surface area contributed by atoms with Gasteiger partial charge in [-0.1, -0.05) is 0 Å². The summed E-state index contributed by atoms with van der Waals surface area (Å²) >= 11 is 0. The molecule has 6 nitrogen and oxygen atoms in total. The second-order valence-electron chi connectivity index (χ2n) is 6.57. The van der Waals surface area contributed by atoms with Crippen LogP contribution in [0.25, 0.3) is 11.3 Å². The van der Waals surface area contributed by atoms with Gasteiger partial charge in [0.15, 0.2) is 0 Å². The van der Waals surface area contributed by atoms with Crippen LogP contribution in [0.3, 0.4) is 0 Å². The Hall–Kier alpha value is -3.62. The topological polar surface area (TPSA) is 73.2 Å². The largest absolute Gasteiger partial charge is 0.494 e. The Morgan fingerprint density at radius 2 is 1.71 bits per heavy atom. The number of benzene rings is 2. The van der Waals surface area contributed by atoms with Crippen molar-refractivity contribution in [3.05, 3.63) is 82.1 Å². The van der Waals surface area contributed by atoms with Gasteiger partial charge in [0.25, 0.3) is 11.5 Å². The second-order valence-corrected chi connectivity index (χ2v) is 6.57. The van der Waals surface area contributed by atoms with Gasteiger partial charge in [0, 0.05) is 23.7 Å². The van der Waals surface area contributed by atoms with E-state index in [1.165, 1.54) is 10.7 Å². The van der Waals surface area contributed by atoms with Crippen molar-refractivity contribution in [2.45, 2.75) is 19.6 Å². The first-order chi connectivity index (χ1) is 14.8. The molecular weight excluding hydrogens is 411 g/mol. The van der Waals surface area contributed by atoms with Gasteiger partial charge in [0.05, 0.1) is 24.4 Å². The van der Waals surface area contributed by atoms with Crippen LogP contribution in [0.5, 0.6) is 5.75 Å². The molecule has 31 heavy (non-hydrogen) atoms. The minimum Gasteiger partial charge on any atom is -0.494 e. The van der Waals surface area contributed by atoms with Crippen molar-refractivity contribution in [2.24, 2.45) is 0 Å². The van der Waals surface area contributed by atoms with Crippen molar-refractivity contribution in [1.29, 1.82) is 0 Å². The highest BCUT2D eigenvalue weighted by molar-refractivity contribution is 5.94. The predicted molar refractivity (Wildman–Crippen MR) is 109 cm³/mol. The first-order valence-electron chi connectivity index (χ1n) is 9.55. The third-order valence-electron chi connectivity index (χ3n) is 4.41. The van der Waals surface area contributed by atoms with Gasteiger partial charge in [0.1, 0.15) is 5.75 Å². The third kappa shape index (κ3) is 5.71. The molecule has 0 aliphatic carbocycles. The van der Waals surface area contributed by atoms with E-state index < -0.39 is 17.6 Å². The quantitative estimate of drug-likeness (QED) is 0.618. The lowest BCUT2D eigenvalue weighted by Crippen LogP contribution is -2.32. The number of rotatable bonds is 7. The SMILES string of the molecule is CCOc1ccc(-c2ccc(=O)n(CCNC(=O)c3ccc(C(F)(F)F)cc3)n2)cc1. The van der Waals surface area contributed by atoms with Crippen LogP contribution >= 0.6 is 0 Å². The van der Waals surface area contributed by atoms with E-state index in [0.717, 1.165) is 35.6 Å². The Balaban J connectivity index is 1.63. The van der Waals surface area contributed by atoms with Gasteiger partial charge in [-0.3, -0.25) is 9.59 Å². The molecule has 0 atom stereocenters. The van der Waals surface area contributed by atoms with Crippen LogP contribution in [0.15, 0.2) is 65.5 Å². The minimum atomic E-state index is -4.46. The Bertz CT molecular complexity index is 1090. The predicted octanol–water partition coefficient (Wildman–Crippen LogP) is 3.76. The maximum atomic E-state index is 12.6. The summed E-state index contributed by atoms with van der Waals surface area (Å²) < 4.78 is 44.5. The van der Waals surface area contributed by atoms with Gasteiger partial charge in [0.2, 0.25) is 0 Å².